The fourth-order valence-electron chi connectivity index (χ4n) is 1.94. The lowest BCUT2D eigenvalue weighted by Crippen LogP contribution is -2.35. The van der Waals surface area contributed by atoms with E-state index in [2.05, 4.69) is 46.7 Å². The van der Waals surface area contributed by atoms with Gasteiger partial charge in [0, 0.05) is 6.20 Å². The molecule has 0 atom stereocenters. The Balaban J connectivity index is 2.32. The van der Waals surface area contributed by atoms with Gasteiger partial charge in [0.1, 0.15) is 0 Å². The Kier molecular flexibility index (Phi) is 3.48. The molecular formula is C14H20N4. The summed E-state index contributed by atoms with van der Waals surface area (Å²) < 4.78 is 2.14. The summed E-state index contributed by atoms with van der Waals surface area (Å²) in [6.45, 7) is 7.13. The van der Waals surface area contributed by atoms with Gasteiger partial charge in [0.15, 0.2) is 0 Å². The van der Waals surface area contributed by atoms with Crippen molar-refractivity contribution in [1.82, 2.24) is 19.9 Å². The van der Waals surface area contributed by atoms with Crippen molar-refractivity contribution < 1.29 is 0 Å². The molecule has 18 heavy (non-hydrogen) atoms. The molecule has 4 nitrogen and oxygen atoms in total. The zero-order chi connectivity index (χ0) is 13.2. The predicted octanol–water partition coefficient (Wildman–Crippen LogP) is 2.09. The van der Waals surface area contributed by atoms with Crippen LogP contribution in [0.3, 0.4) is 0 Å². The van der Waals surface area contributed by atoms with E-state index in [1.54, 1.807) is 0 Å². The molecule has 4 heteroatoms. The summed E-state index contributed by atoms with van der Waals surface area (Å²) >= 11 is 0. The molecule has 0 aromatic carbocycles. The summed E-state index contributed by atoms with van der Waals surface area (Å²) in [4.78, 5) is 8.69. The van der Waals surface area contributed by atoms with Crippen molar-refractivity contribution in [3.8, 4) is 0 Å². The van der Waals surface area contributed by atoms with Crippen molar-refractivity contribution in [2.75, 3.05) is 7.05 Å². The van der Waals surface area contributed by atoms with E-state index in [0.29, 0.717) is 0 Å². The average Bonchev–Trinajstić information content (AvgIpc) is 2.81. The largest absolute Gasteiger partial charge is 0.327 e. The number of hydrogen-bond donors (Lipinski definition) is 1. The first-order chi connectivity index (χ1) is 8.54. The number of nitrogens with one attached hydrogen (secondary N) is 1. The van der Waals surface area contributed by atoms with Crippen LogP contribution in [0.1, 0.15) is 30.8 Å². The zero-order valence-corrected chi connectivity index (χ0v) is 11.4. The highest BCUT2D eigenvalue weighted by molar-refractivity contribution is 5.20. The first-order valence-electron chi connectivity index (χ1n) is 6.14. The molecule has 2 aromatic heterocycles. The van der Waals surface area contributed by atoms with Gasteiger partial charge in [-0.05, 0) is 39.4 Å². The van der Waals surface area contributed by atoms with Crippen LogP contribution >= 0.6 is 0 Å². The Morgan fingerprint density at radius 1 is 1.39 bits per heavy atom. The second kappa shape index (κ2) is 4.90. The summed E-state index contributed by atoms with van der Waals surface area (Å²) in [5, 5.41) is 3.30. The number of aromatic nitrogens is 3. The highest BCUT2D eigenvalue weighted by Gasteiger charge is 2.22. The van der Waals surface area contributed by atoms with Crippen molar-refractivity contribution >= 4 is 0 Å². The Hall–Kier alpha value is -1.68. The van der Waals surface area contributed by atoms with Gasteiger partial charge in [-0.15, -0.1) is 0 Å². The maximum absolute atomic E-state index is 4.43. The molecule has 0 saturated heterocycles. The smallest absolute Gasteiger partial charge is 0.0952 e. The quantitative estimate of drug-likeness (QED) is 0.895. The van der Waals surface area contributed by atoms with Crippen molar-refractivity contribution in [2.45, 2.75) is 32.9 Å². The zero-order valence-electron chi connectivity index (χ0n) is 11.4. The van der Waals surface area contributed by atoms with E-state index < -0.39 is 0 Å². The molecule has 0 unspecified atom stereocenters. The van der Waals surface area contributed by atoms with Crippen LogP contribution in [0, 0.1) is 6.92 Å². The van der Waals surface area contributed by atoms with Crippen molar-refractivity contribution in [3.05, 3.63) is 47.8 Å². The van der Waals surface area contributed by atoms with Gasteiger partial charge in [0.05, 0.1) is 36.0 Å². The molecule has 0 radical (unpaired) electrons. The van der Waals surface area contributed by atoms with Gasteiger partial charge < -0.3 is 9.88 Å². The number of pyridine rings is 1. The third kappa shape index (κ3) is 2.43. The van der Waals surface area contributed by atoms with Crippen molar-refractivity contribution in [3.63, 3.8) is 0 Å². The maximum Gasteiger partial charge on any atom is 0.0952 e. The Bertz CT molecular complexity index is 528. The second-order valence-corrected chi connectivity index (χ2v) is 5.05. The van der Waals surface area contributed by atoms with E-state index in [9.17, 15) is 0 Å². The Labute approximate surface area is 108 Å². The third-order valence-electron chi connectivity index (χ3n) is 3.42. The fourth-order valence-corrected chi connectivity index (χ4v) is 1.94. The third-order valence-corrected chi connectivity index (χ3v) is 3.42. The number of rotatable bonds is 4. The summed E-state index contributed by atoms with van der Waals surface area (Å²) in [6.07, 6.45) is 5.61. The van der Waals surface area contributed by atoms with Crippen LogP contribution in [0.2, 0.25) is 0 Å². The highest BCUT2D eigenvalue weighted by Crippen LogP contribution is 2.20. The minimum Gasteiger partial charge on any atom is -0.327 e. The van der Waals surface area contributed by atoms with Gasteiger partial charge in [-0.2, -0.15) is 0 Å². The molecule has 0 aliphatic heterocycles. The van der Waals surface area contributed by atoms with Crippen LogP contribution < -0.4 is 5.32 Å². The van der Waals surface area contributed by atoms with Crippen LogP contribution in [0.25, 0.3) is 0 Å². The predicted molar refractivity (Wildman–Crippen MR) is 72.4 cm³/mol. The lowest BCUT2D eigenvalue weighted by molar-refractivity contribution is 0.412. The van der Waals surface area contributed by atoms with Crippen LogP contribution in [-0.2, 0) is 12.1 Å². The summed E-state index contributed by atoms with van der Waals surface area (Å²) in [7, 11) is 1.96. The molecule has 0 aliphatic rings. The molecule has 96 valence electrons. The molecule has 0 bridgehead atoms. The minimum atomic E-state index is -0.0980. The minimum absolute atomic E-state index is 0.0980. The first-order valence-corrected chi connectivity index (χ1v) is 6.14. The molecule has 0 amide bonds. The number of hydrogen-bond acceptors (Lipinski definition) is 3. The first kappa shape index (κ1) is 12.8. The molecular weight excluding hydrogens is 224 g/mol. The van der Waals surface area contributed by atoms with E-state index in [-0.39, 0.29) is 5.54 Å². The lowest BCUT2D eigenvalue weighted by atomic mass is 10.0. The second-order valence-electron chi connectivity index (χ2n) is 5.05. The van der Waals surface area contributed by atoms with Crippen LogP contribution in [0.15, 0.2) is 30.9 Å². The summed E-state index contributed by atoms with van der Waals surface area (Å²) in [5.74, 6) is 0. The van der Waals surface area contributed by atoms with Gasteiger partial charge in [-0.1, -0.05) is 6.07 Å². The molecule has 0 saturated carbocycles. The van der Waals surface area contributed by atoms with E-state index in [4.69, 9.17) is 0 Å². The van der Waals surface area contributed by atoms with Crippen LogP contribution in [0.5, 0.6) is 0 Å². The van der Waals surface area contributed by atoms with Crippen molar-refractivity contribution in [2.24, 2.45) is 0 Å². The van der Waals surface area contributed by atoms with Gasteiger partial charge in [0.25, 0.3) is 0 Å². The van der Waals surface area contributed by atoms with E-state index in [1.807, 2.05) is 31.8 Å². The van der Waals surface area contributed by atoms with E-state index >= 15 is 0 Å². The molecule has 2 aromatic rings. The van der Waals surface area contributed by atoms with Crippen LogP contribution in [0.4, 0.5) is 0 Å². The summed E-state index contributed by atoms with van der Waals surface area (Å²) in [6, 6.07) is 4.05. The van der Waals surface area contributed by atoms with Gasteiger partial charge >= 0.3 is 0 Å². The molecule has 2 rings (SSSR count). The van der Waals surface area contributed by atoms with Crippen LogP contribution in [-0.4, -0.2) is 21.6 Å². The fraction of sp³-hybridized carbons (Fsp3) is 0.429. The molecule has 1 N–H and O–H groups in total. The standard InChI is InChI=1S/C14H20N4/c1-11-6-5-7-17-12(11)9-18-10-16-8-13(18)14(2,3)15-4/h5-8,10,15H,9H2,1-4H3. The topological polar surface area (TPSA) is 42.7 Å². The van der Waals surface area contributed by atoms with E-state index in [0.717, 1.165) is 17.9 Å². The SMILES string of the molecule is CNC(C)(C)c1cncn1Cc1ncccc1C. The van der Waals surface area contributed by atoms with Gasteiger partial charge in [-0.3, -0.25) is 4.98 Å². The number of nitrogens with zero attached hydrogens (tertiary/aromatic N) is 3. The monoisotopic (exact) mass is 244 g/mol. The summed E-state index contributed by atoms with van der Waals surface area (Å²) in [5.41, 5.74) is 3.36. The highest BCUT2D eigenvalue weighted by atomic mass is 15.1. The van der Waals surface area contributed by atoms with Crippen molar-refractivity contribution in [1.29, 1.82) is 0 Å². The van der Waals surface area contributed by atoms with Gasteiger partial charge in [0.2, 0.25) is 0 Å². The Morgan fingerprint density at radius 2 is 2.17 bits per heavy atom. The maximum atomic E-state index is 4.43. The Morgan fingerprint density at radius 3 is 2.83 bits per heavy atom. The molecule has 0 aliphatic carbocycles. The molecule has 0 fully saturated rings. The lowest BCUT2D eigenvalue weighted by Gasteiger charge is -2.25. The average molecular weight is 244 g/mol. The van der Waals surface area contributed by atoms with E-state index in [1.165, 1.54) is 5.56 Å². The normalized spacial score (nSPS) is 11.8. The number of imidazole rings is 1. The molecule has 0 spiro atoms. The van der Waals surface area contributed by atoms with Gasteiger partial charge in [-0.25, -0.2) is 4.98 Å². The molecule has 2 heterocycles. The number of aryl methyl sites for hydroxylation is 1.